The smallest absolute Gasteiger partial charge is 0.326 e. The number of carboxylic acid groups (broad SMARTS) is 1. The van der Waals surface area contributed by atoms with E-state index in [9.17, 15) is 9.90 Å². The molecule has 0 spiro atoms. The number of hydrogen-bond donors (Lipinski definition) is 3. The number of aromatic nitrogens is 3. The predicted molar refractivity (Wildman–Crippen MR) is 142 cm³/mol. The highest BCUT2D eigenvalue weighted by Gasteiger charge is 2.23. The van der Waals surface area contributed by atoms with E-state index in [1.165, 1.54) is 29.6 Å². The standard InChI is InChI=1S/C26H34N6O3S/c33-26(34)22(31-25-23-21(10-15-36-23)28-17-29-25)9-14-35-20-6-3-13-32(16-20)12-2-5-19-8-7-18-4-1-11-27-24(18)30-19/h7-8,10,15,17,20,22H,1-6,9,11-14,16H2,(H,27,30)(H,33,34)(H,28,29,31)/t20-,22-/m1/s1. The van der Waals surface area contributed by atoms with Crippen molar-refractivity contribution in [3.63, 3.8) is 0 Å². The third kappa shape index (κ3) is 6.29. The molecule has 10 heteroatoms. The van der Waals surface area contributed by atoms with Crippen LogP contribution in [0.25, 0.3) is 10.2 Å². The molecule has 0 aromatic carbocycles. The first-order chi connectivity index (χ1) is 17.7. The molecule has 1 saturated heterocycles. The minimum absolute atomic E-state index is 0.141. The zero-order valence-corrected chi connectivity index (χ0v) is 21.3. The lowest BCUT2D eigenvalue weighted by Gasteiger charge is -2.32. The highest BCUT2D eigenvalue weighted by atomic mass is 32.1. The molecule has 0 aliphatic carbocycles. The van der Waals surface area contributed by atoms with Crippen molar-refractivity contribution in [3.8, 4) is 0 Å². The lowest BCUT2D eigenvalue weighted by molar-refractivity contribution is -0.138. The molecule has 5 rings (SSSR count). The van der Waals surface area contributed by atoms with Crippen molar-refractivity contribution in [2.75, 3.05) is 43.4 Å². The number of likely N-dealkylation sites (tertiary alicyclic amines) is 1. The maximum absolute atomic E-state index is 11.9. The van der Waals surface area contributed by atoms with Crippen LogP contribution in [0, 0.1) is 0 Å². The van der Waals surface area contributed by atoms with Gasteiger partial charge in [-0.15, -0.1) is 11.3 Å². The Labute approximate surface area is 215 Å². The number of rotatable bonds is 11. The van der Waals surface area contributed by atoms with Crippen molar-refractivity contribution in [1.29, 1.82) is 0 Å². The summed E-state index contributed by atoms with van der Waals surface area (Å²) < 4.78 is 7.00. The molecular formula is C26H34N6O3S. The summed E-state index contributed by atoms with van der Waals surface area (Å²) in [6.07, 6.45) is 8.44. The minimum atomic E-state index is -0.904. The Morgan fingerprint density at radius 2 is 2.25 bits per heavy atom. The number of fused-ring (bicyclic) bond motifs is 2. The van der Waals surface area contributed by atoms with Gasteiger partial charge in [-0.2, -0.15) is 0 Å². The highest BCUT2D eigenvalue weighted by Crippen LogP contribution is 2.26. The fraction of sp³-hybridized carbons (Fsp3) is 0.538. The fourth-order valence-electron chi connectivity index (χ4n) is 5.01. The van der Waals surface area contributed by atoms with Gasteiger partial charge in [-0.3, -0.25) is 0 Å². The number of carbonyl (C=O) groups is 1. The number of piperidine rings is 1. The van der Waals surface area contributed by atoms with Crippen molar-refractivity contribution in [1.82, 2.24) is 19.9 Å². The summed E-state index contributed by atoms with van der Waals surface area (Å²) >= 11 is 1.50. The summed E-state index contributed by atoms with van der Waals surface area (Å²) in [6.45, 7) is 4.42. The molecular weight excluding hydrogens is 476 g/mol. The van der Waals surface area contributed by atoms with Crippen LogP contribution in [0.4, 0.5) is 11.6 Å². The maximum atomic E-state index is 11.9. The van der Waals surface area contributed by atoms with E-state index < -0.39 is 12.0 Å². The molecule has 2 atom stereocenters. The number of aryl methyl sites for hydroxylation is 2. The van der Waals surface area contributed by atoms with Gasteiger partial charge in [0.25, 0.3) is 0 Å². The topological polar surface area (TPSA) is 112 Å². The number of anilines is 2. The Bertz CT molecular complexity index is 1170. The first-order valence-corrected chi connectivity index (χ1v) is 13.8. The minimum Gasteiger partial charge on any atom is -0.480 e. The molecule has 0 unspecified atom stereocenters. The number of hydrogen-bond acceptors (Lipinski definition) is 9. The summed E-state index contributed by atoms with van der Waals surface area (Å²) in [7, 11) is 0. The molecule has 36 heavy (non-hydrogen) atoms. The second kappa shape index (κ2) is 11.9. The monoisotopic (exact) mass is 510 g/mol. The number of nitrogens with zero attached hydrogens (tertiary/aromatic N) is 4. The van der Waals surface area contributed by atoms with Gasteiger partial charge in [-0.1, -0.05) is 6.07 Å². The summed E-state index contributed by atoms with van der Waals surface area (Å²) in [6, 6.07) is 5.54. The molecule has 3 aromatic rings. The van der Waals surface area contributed by atoms with Gasteiger partial charge < -0.3 is 25.4 Å². The van der Waals surface area contributed by atoms with Crippen LogP contribution in [0.3, 0.4) is 0 Å². The molecule has 1 fully saturated rings. The van der Waals surface area contributed by atoms with Crippen molar-refractivity contribution >= 4 is 39.2 Å². The van der Waals surface area contributed by atoms with Gasteiger partial charge in [0, 0.05) is 31.8 Å². The number of ether oxygens (including phenoxy) is 1. The van der Waals surface area contributed by atoms with Crippen LogP contribution in [0.5, 0.6) is 0 Å². The van der Waals surface area contributed by atoms with Gasteiger partial charge in [0.2, 0.25) is 0 Å². The molecule has 3 aromatic heterocycles. The van der Waals surface area contributed by atoms with Crippen LogP contribution in [-0.4, -0.2) is 75.9 Å². The van der Waals surface area contributed by atoms with Gasteiger partial charge in [0.1, 0.15) is 24.0 Å². The second-order valence-corrected chi connectivity index (χ2v) is 10.5. The van der Waals surface area contributed by atoms with Crippen LogP contribution in [0.15, 0.2) is 29.9 Å². The Kier molecular flexibility index (Phi) is 8.25. The molecule has 0 radical (unpaired) electrons. The van der Waals surface area contributed by atoms with Crippen molar-refractivity contribution in [2.24, 2.45) is 0 Å². The van der Waals surface area contributed by atoms with E-state index in [1.54, 1.807) is 0 Å². The van der Waals surface area contributed by atoms with E-state index in [4.69, 9.17) is 9.72 Å². The zero-order valence-electron chi connectivity index (χ0n) is 20.5. The average molecular weight is 511 g/mol. The van der Waals surface area contributed by atoms with Crippen LogP contribution in [0.1, 0.15) is 43.4 Å². The summed E-state index contributed by atoms with van der Waals surface area (Å²) in [4.78, 5) is 27.6. The normalized spacial score (nSPS) is 18.9. The Morgan fingerprint density at radius 1 is 1.31 bits per heavy atom. The number of carboxylic acids is 1. The van der Waals surface area contributed by atoms with Crippen molar-refractivity contribution < 1.29 is 14.6 Å². The van der Waals surface area contributed by atoms with Crippen LogP contribution in [0.2, 0.25) is 0 Å². The van der Waals surface area contributed by atoms with Gasteiger partial charge >= 0.3 is 5.97 Å². The Hall–Kier alpha value is -2.82. The third-order valence-electron chi connectivity index (χ3n) is 6.93. The van der Waals surface area contributed by atoms with E-state index in [2.05, 4.69) is 37.6 Å². The van der Waals surface area contributed by atoms with E-state index in [0.29, 0.717) is 18.8 Å². The van der Waals surface area contributed by atoms with Gasteiger partial charge in [-0.05, 0) is 74.7 Å². The van der Waals surface area contributed by atoms with Gasteiger partial charge in [0.05, 0.1) is 16.3 Å². The molecule has 3 N–H and O–H groups in total. The molecule has 9 nitrogen and oxygen atoms in total. The molecule has 0 amide bonds. The third-order valence-corrected chi connectivity index (χ3v) is 7.84. The van der Waals surface area contributed by atoms with Crippen molar-refractivity contribution in [3.05, 3.63) is 41.2 Å². The number of thiophene rings is 1. The van der Waals surface area contributed by atoms with Gasteiger partial charge in [0.15, 0.2) is 0 Å². The van der Waals surface area contributed by atoms with Crippen LogP contribution in [-0.2, 0) is 22.4 Å². The average Bonchev–Trinajstić information content (AvgIpc) is 3.38. The van der Waals surface area contributed by atoms with Crippen molar-refractivity contribution in [2.45, 2.75) is 57.1 Å². The summed E-state index contributed by atoms with van der Waals surface area (Å²) in [5, 5.41) is 18.1. The van der Waals surface area contributed by atoms with Crippen LogP contribution >= 0.6 is 11.3 Å². The molecule has 2 aliphatic heterocycles. The largest absolute Gasteiger partial charge is 0.480 e. The number of aliphatic carboxylic acids is 1. The molecule has 0 bridgehead atoms. The lowest BCUT2D eigenvalue weighted by atomic mass is 10.1. The second-order valence-electron chi connectivity index (χ2n) is 9.56. The van der Waals surface area contributed by atoms with Crippen LogP contribution < -0.4 is 10.6 Å². The quantitative estimate of drug-likeness (QED) is 0.354. The fourth-order valence-corrected chi connectivity index (χ4v) is 5.81. The first kappa shape index (κ1) is 24.9. The Balaban J connectivity index is 1.05. The molecule has 192 valence electrons. The first-order valence-electron chi connectivity index (χ1n) is 12.9. The van der Waals surface area contributed by atoms with Gasteiger partial charge in [-0.25, -0.2) is 19.7 Å². The van der Waals surface area contributed by atoms with E-state index >= 15 is 0 Å². The molecule has 0 saturated carbocycles. The summed E-state index contributed by atoms with van der Waals surface area (Å²) in [5.74, 6) is 0.729. The van der Waals surface area contributed by atoms with E-state index in [1.807, 2.05) is 11.4 Å². The molecule has 5 heterocycles. The zero-order chi connectivity index (χ0) is 24.7. The van der Waals surface area contributed by atoms with E-state index in [-0.39, 0.29) is 6.10 Å². The summed E-state index contributed by atoms with van der Waals surface area (Å²) in [5.41, 5.74) is 3.31. The molecule has 2 aliphatic rings. The highest BCUT2D eigenvalue weighted by molar-refractivity contribution is 7.17. The number of pyridine rings is 1. The Morgan fingerprint density at radius 3 is 3.17 bits per heavy atom. The van der Waals surface area contributed by atoms with E-state index in [0.717, 1.165) is 80.0 Å². The lowest BCUT2D eigenvalue weighted by Crippen LogP contribution is -2.41. The number of nitrogens with one attached hydrogen (secondary N) is 2. The predicted octanol–water partition coefficient (Wildman–Crippen LogP) is 3.81. The SMILES string of the molecule is O=C(O)[C@@H](CCO[C@@H]1CCCN(CCCc2ccc3c(n2)NCCC3)C1)Nc1ncnc2ccsc12. The maximum Gasteiger partial charge on any atom is 0.326 e.